The quantitative estimate of drug-likeness (QED) is 0.449. The second-order valence-electron chi connectivity index (χ2n) is 5.36. The molecule has 3 aromatic carbocycles. The van der Waals surface area contributed by atoms with Gasteiger partial charge in [0, 0.05) is 5.56 Å². The van der Waals surface area contributed by atoms with Gasteiger partial charge in [-0.2, -0.15) is 0 Å². The van der Waals surface area contributed by atoms with E-state index in [1.54, 1.807) is 36.4 Å². The number of carbonyl (C=O) groups is 1. The topological polar surface area (TPSA) is 17.1 Å². The summed E-state index contributed by atoms with van der Waals surface area (Å²) in [5.74, 6) is -4.25. The van der Waals surface area contributed by atoms with Crippen molar-refractivity contribution in [2.45, 2.75) is 6.92 Å². The molecule has 0 atom stereocenters. The standard InChI is InChI=1S/C20H13F3O/c1-12(24)15-16(13-8-4-2-5-9-13)19(22)20(23)17(18(15)21)14-10-6-3-7-11-14/h2-11H,1H3. The number of Topliss-reactive ketones (excluding diaryl/α,β-unsaturated/α-hetero) is 1. The van der Waals surface area contributed by atoms with Crippen molar-refractivity contribution in [3.63, 3.8) is 0 Å². The van der Waals surface area contributed by atoms with Gasteiger partial charge < -0.3 is 0 Å². The number of ketones is 1. The Bertz CT molecular complexity index is 903. The maximum atomic E-state index is 15.0. The van der Waals surface area contributed by atoms with Crippen molar-refractivity contribution >= 4 is 5.78 Å². The number of hydrogen-bond donors (Lipinski definition) is 0. The molecule has 0 radical (unpaired) electrons. The van der Waals surface area contributed by atoms with Crippen LogP contribution in [0, 0.1) is 17.5 Å². The number of carbonyl (C=O) groups excluding carboxylic acids is 1. The molecule has 4 heteroatoms. The molecule has 0 spiro atoms. The molecule has 0 fully saturated rings. The van der Waals surface area contributed by atoms with Crippen LogP contribution < -0.4 is 0 Å². The maximum absolute atomic E-state index is 15.0. The van der Waals surface area contributed by atoms with Gasteiger partial charge in [-0.3, -0.25) is 4.79 Å². The summed E-state index contributed by atoms with van der Waals surface area (Å²) in [6, 6.07) is 15.7. The highest BCUT2D eigenvalue weighted by atomic mass is 19.2. The van der Waals surface area contributed by atoms with E-state index in [1.165, 1.54) is 24.3 Å². The number of benzene rings is 3. The van der Waals surface area contributed by atoms with E-state index >= 15 is 0 Å². The van der Waals surface area contributed by atoms with Crippen LogP contribution in [0.15, 0.2) is 60.7 Å². The second kappa shape index (κ2) is 6.32. The van der Waals surface area contributed by atoms with Crippen molar-refractivity contribution in [3.8, 4) is 22.3 Å². The molecular formula is C20H13F3O. The van der Waals surface area contributed by atoms with Gasteiger partial charge in [0.05, 0.1) is 11.1 Å². The number of hydrogen-bond acceptors (Lipinski definition) is 1. The molecule has 0 saturated heterocycles. The number of rotatable bonds is 3. The van der Waals surface area contributed by atoms with E-state index in [2.05, 4.69) is 0 Å². The lowest BCUT2D eigenvalue weighted by molar-refractivity contribution is 0.101. The van der Waals surface area contributed by atoms with Crippen molar-refractivity contribution in [1.29, 1.82) is 0 Å². The van der Waals surface area contributed by atoms with Crippen LogP contribution in [-0.2, 0) is 0 Å². The Kier molecular flexibility index (Phi) is 4.21. The van der Waals surface area contributed by atoms with Gasteiger partial charge in [-0.25, -0.2) is 13.2 Å². The molecule has 0 unspecified atom stereocenters. The van der Waals surface area contributed by atoms with E-state index in [-0.39, 0.29) is 16.7 Å². The first-order valence-corrected chi connectivity index (χ1v) is 7.34. The first kappa shape index (κ1) is 16.0. The minimum Gasteiger partial charge on any atom is -0.294 e. The number of halogens is 3. The fraction of sp³-hybridized carbons (Fsp3) is 0.0500. The molecule has 0 bridgehead atoms. The Hall–Kier alpha value is -2.88. The van der Waals surface area contributed by atoms with Crippen LogP contribution in [0.25, 0.3) is 22.3 Å². The van der Waals surface area contributed by atoms with E-state index in [4.69, 9.17) is 0 Å². The zero-order valence-electron chi connectivity index (χ0n) is 12.8. The van der Waals surface area contributed by atoms with Gasteiger partial charge in [-0.15, -0.1) is 0 Å². The molecular weight excluding hydrogens is 313 g/mol. The summed E-state index contributed by atoms with van der Waals surface area (Å²) in [4.78, 5) is 12.0. The third-order valence-electron chi connectivity index (χ3n) is 3.80. The van der Waals surface area contributed by atoms with Crippen molar-refractivity contribution in [2.24, 2.45) is 0 Å². The molecule has 0 aliphatic carbocycles. The molecule has 3 rings (SSSR count). The molecule has 0 N–H and O–H groups in total. The van der Waals surface area contributed by atoms with Gasteiger partial charge in [0.2, 0.25) is 0 Å². The van der Waals surface area contributed by atoms with Gasteiger partial charge in [-0.05, 0) is 18.1 Å². The molecule has 0 saturated carbocycles. The van der Waals surface area contributed by atoms with Crippen LogP contribution in [0.5, 0.6) is 0 Å². The zero-order valence-corrected chi connectivity index (χ0v) is 12.8. The second-order valence-corrected chi connectivity index (χ2v) is 5.36. The third kappa shape index (κ3) is 2.60. The molecule has 0 aliphatic heterocycles. The van der Waals surface area contributed by atoms with Gasteiger partial charge in [0.15, 0.2) is 17.4 Å². The van der Waals surface area contributed by atoms with E-state index in [0.717, 1.165) is 6.92 Å². The maximum Gasteiger partial charge on any atom is 0.170 e. The largest absolute Gasteiger partial charge is 0.294 e. The van der Waals surface area contributed by atoms with Crippen molar-refractivity contribution in [3.05, 3.63) is 83.7 Å². The summed E-state index contributed by atoms with van der Waals surface area (Å²) < 4.78 is 44.3. The summed E-state index contributed by atoms with van der Waals surface area (Å²) >= 11 is 0. The Balaban J connectivity index is 2.41. The molecule has 0 aromatic heterocycles. The summed E-state index contributed by atoms with van der Waals surface area (Å²) in [5.41, 5.74) is -0.902. The summed E-state index contributed by atoms with van der Waals surface area (Å²) in [5, 5.41) is 0. The SMILES string of the molecule is CC(=O)c1c(F)c(-c2ccccc2)c(F)c(F)c1-c1ccccc1. The van der Waals surface area contributed by atoms with Crippen molar-refractivity contribution in [1.82, 2.24) is 0 Å². The molecule has 0 amide bonds. The predicted octanol–water partition coefficient (Wildman–Crippen LogP) is 5.64. The average Bonchev–Trinajstić information content (AvgIpc) is 2.59. The highest BCUT2D eigenvalue weighted by Crippen LogP contribution is 2.37. The van der Waals surface area contributed by atoms with E-state index in [1.807, 2.05) is 0 Å². The first-order chi connectivity index (χ1) is 11.5. The van der Waals surface area contributed by atoms with E-state index in [9.17, 15) is 18.0 Å². The fourth-order valence-corrected chi connectivity index (χ4v) is 2.73. The minimum absolute atomic E-state index is 0.175. The van der Waals surface area contributed by atoms with Crippen molar-refractivity contribution < 1.29 is 18.0 Å². The summed E-state index contributed by atoms with van der Waals surface area (Å²) in [7, 11) is 0. The first-order valence-electron chi connectivity index (χ1n) is 7.34. The van der Waals surface area contributed by atoms with Crippen LogP contribution in [0.1, 0.15) is 17.3 Å². The molecule has 120 valence electrons. The van der Waals surface area contributed by atoms with Crippen LogP contribution in [-0.4, -0.2) is 5.78 Å². The Morgan fingerprint density at radius 1 is 0.667 bits per heavy atom. The lowest BCUT2D eigenvalue weighted by Gasteiger charge is -2.15. The molecule has 1 nitrogen and oxygen atoms in total. The molecule has 24 heavy (non-hydrogen) atoms. The lowest BCUT2D eigenvalue weighted by atomic mass is 9.91. The van der Waals surface area contributed by atoms with E-state index < -0.39 is 34.4 Å². The van der Waals surface area contributed by atoms with Crippen LogP contribution in [0.2, 0.25) is 0 Å². The van der Waals surface area contributed by atoms with Crippen LogP contribution in [0.4, 0.5) is 13.2 Å². The average molecular weight is 326 g/mol. The van der Waals surface area contributed by atoms with Gasteiger partial charge in [-0.1, -0.05) is 60.7 Å². The normalized spacial score (nSPS) is 10.7. The van der Waals surface area contributed by atoms with Crippen molar-refractivity contribution in [2.75, 3.05) is 0 Å². The minimum atomic E-state index is -1.30. The Labute approximate surface area is 137 Å². The molecule has 0 heterocycles. The molecule has 0 aliphatic rings. The van der Waals surface area contributed by atoms with Gasteiger partial charge in [0.1, 0.15) is 5.82 Å². The summed E-state index contributed by atoms with van der Waals surface area (Å²) in [6.45, 7) is 1.14. The summed E-state index contributed by atoms with van der Waals surface area (Å²) in [6.07, 6.45) is 0. The smallest absolute Gasteiger partial charge is 0.170 e. The monoisotopic (exact) mass is 326 g/mol. The van der Waals surface area contributed by atoms with Crippen LogP contribution in [0.3, 0.4) is 0 Å². The lowest BCUT2D eigenvalue weighted by Crippen LogP contribution is -2.08. The van der Waals surface area contributed by atoms with E-state index in [0.29, 0.717) is 0 Å². The Morgan fingerprint density at radius 3 is 1.54 bits per heavy atom. The highest BCUT2D eigenvalue weighted by molar-refractivity contribution is 6.02. The molecule has 3 aromatic rings. The Morgan fingerprint density at radius 2 is 1.08 bits per heavy atom. The third-order valence-corrected chi connectivity index (χ3v) is 3.80. The highest BCUT2D eigenvalue weighted by Gasteiger charge is 2.28. The van der Waals surface area contributed by atoms with Gasteiger partial charge in [0.25, 0.3) is 0 Å². The fourth-order valence-electron chi connectivity index (χ4n) is 2.73. The van der Waals surface area contributed by atoms with Gasteiger partial charge >= 0.3 is 0 Å². The zero-order chi connectivity index (χ0) is 17.3. The predicted molar refractivity (Wildman–Crippen MR) is 87.2 cm³/mol. The van der Waals surface area contributed by atoms with Crippen LogP contribution >= 0.6 is 0 Å².